The second-order valence-corrected chi connectivity index (χ2v) is 7.61. The van der Waals surface area contributed by atoms with Crippen LogP contribution in [0.4, 0.5) is 0 Å². The van der Waals surface area contributed by atoms with Crippen LogP contribution in [0.2, 0.25) is 5.02 Å². The Hall–Kier alpha value is -1.60. The zero-order valence-electron chi connectivity index (χ0n) is 12.1. The van der Waals surface area contributed by atoms with E-state index in [4.69, 9.17) is 11.6 Å². The van der Waals surface area contributed by atoms with Crippen molar-refractivity contribution in [1.82, 2.24) is 10.2 Å². The van der Waals surface area contributed by atoms with Crippen LogP contribution >= 0.6 is 11.6 Å². The molecular weight excluding hydrogens is 328 g/mol. The predicted octanol–water partition coefficient (Wildman–Crippen LogP) is 1.10. The largest absolute Gasteiger partial charge is 0.343 e. The molecule has 1 heterocycles. The summed E-state index contributed by atoms with van der Waals surface area (Å²) < 4.78 is 23.0. The number of sulfone groups is 1. The fourth-order valence-electron chi connectivity index (χ4n) is 2.24. The third-order valence-corrected chi connectivity index (χ3v) is 4.91. The molecule has 1 saturated heterocycles. The van der Waals surface area contributed by atoms with Crippen molar-refractivity contribution >= 4 is 33.3 Å². The molecule has 0 radical (unpaired) electrons. The van der Waals surface area contributed by atoms with Crippen molar-refractivity contribution < 1.29 is 18.0 Å². The summed E-state index contributed by atoms with van der Waals surface area (Å²) in [5, 5.41) is 2.62. The van der Waals surface area contributed by atoms with Crippen LogP contribution < -0.4 is 5.32 Å². The zero-order valence-corrected chi connectivity index (χ0v) is 13.7. The first-order valence-corrected chi connectivity index (χ1v) is 9.11. The van der Waals surface area contributed by atoms with Gasteiger partial charge in [-0.05, 0) is 31.0 Å². The lowest BCUT2D eigenvalue weighted by atomic mass is 10.2. The van der Waals surface area contributed by atoms with Gasteiger partial charge in [-0.1, -0.05) is 11.6 Å². The van der Waals surface area contributed by atoms with E-state index in [2.05, 4.69) is 5.32 Å². The van der Waals surface area contributed by atoms with Gasteiger partial charge in [0.2, 0.25) is 5.91 Å². The van der Waals surface area contributed by atoms with Crippen molar-refractivity contribution in [2.75, 3.05) is 25.9 Å². The van der Waals surface area contributed by atoms with Gasteiger partial charge in [0.15, 0.2) is 9.84 Å². The fourth-order valence-corrected chi connectivity index (χ4v) is 3.09. The molecule has 1 aromatic carbocycles. The van der Waals surface area contributed by atoms with E-state index in [0.29, 0.717) is 13.1 Å². The predicted molar refractivity (Wildman–Crippen MR) is 82.7 cm³/mol. The van der Waals surface area contributed by atoms with E-state index in [0.717, 1.165) is 19.1 Å². The minimum atomic E-state index is -3.43. The molecular formula is C14H17ClN2O4S. The van der Waals surface area contributed by atoms with Crippen LogP contribution in [0.1, 0.15) is 23.2 Å². The number of benzene rings is 1. The van der Waals surface area contributed by atoms with Crippen LogP contribution in [0.25, 0.3) is 0 Å². The number of carbonyl (C=O) groups is 2. The maximum absolute atomic E-state index is 12.1. The minimum Gasteiger partial charge on any atom is -0.343 e. The summed E-state index contributed by atoms with van der Waals surface area (Å²) in [6.45, 7) is 1.29. The lowest BCUT2D eigenvalue weighted by Crippen LogP contribution is -2.38. The molecule has 1 aliphatic rings. The highest BCUT2D eigenvalue weighted by Crippen LogP contribution is 2.20. The molecule has 0 aromatic heterocycles. The number of amides is 2. The number of carbonyl (C=O) groups excluding carboxylic acids is 2. The van der Waals surface area contributed by atoms with Gasteiger partial charge in [0, 0.05) is 19.3 Å². The van der Waals surface area contributed by atoms with E-state index in [1.165, 1.54) is 18.2 Å². The number of nitrogens with zero attached hydrogens (tertiary/aromatic N) is 1. The van der Waals surface area contributed by atoms with Gasteiger partial charge in [0.05, 0.1) is 22.0 Å². The normalized spacial score (nSPS) is 14.9. The van der Waals surface area contributed by atoms with E-state index in [-0.39, 0.29) is 27.9 Å². The molecule has 8 heteroatoms. The molecule has 22 heavy (non-hydrogen) atoms. The molecule has 6 nitrogen and oxygen atoms in total. The average Bonchev–Trinajstić information content (AvgIpc) is 2.97. The molecule has 2 amide bonds. The Morgan fingerprint density at radius 1 is 1.27 bits per heavy atom. The van der Waals surface area contributed by atoms with Gasteiger partial charge >= 0.3 is 0 Å². The molecule has 0 spiro atoms. The van der Waals surface area contributed by atoms with Crippen LogP contribution in [0.3, 0.4) is 0 Å². The fraction of sp³-hybridized carbons (Fsp3) is 0.429. The number of halogens is 1. The molecule has 1 N–H and O–H groups in total. The third-order valence-electron chi connectivity index (χ3n) is 3.47. The minimum absolute atomic E-state index is 0.00733. The summed E-state index contributed by atoms with van der Waals surface area (Å²) in [4.78, 5) is 25.7. The van der Waals surface area contributed by atoms with E-state index in [1.54, 1.807) is 4.90 Å². The second kappa shape index (κ2) is 6.66. The Balaban J connectivity index is 2.07. The van der Waals surface area contributed by atoms with Crippen molar-refractivity contribution in [1.29, 1.82) is 0 Å². The lowest BCUT2D eigenvalue weighted by molar-refractivity contribution is -0.129. The first-order valence-electron chi connectivity index (χ1n) is 6.84. The van der Waals surface area contributed by atoms with Crippen molar-refractivity contribution in [3.8, 4) is 0 Å². The van der Waals surface area contributed by atoms with Gasteiger partial charge in [0.1, 0.15) is 0 Å². The molecule has 2 rings (SSSR count). The quantitative estimate of drug-likeness (QED) is 0.886. The van der Waals surface area contributed by atoms with Crippen molar-refractivity contribution in [3.05, 3.63) is 28.8 Å². The van der Waals surface area contributed by atoms with Crippen molar-refractivity contribution in [2.45, 2.75) is 17.7 Å². The molecule has 0 atom stereocenters. The van der Waals surface area contributed by atoms with Crippen molar-refractivity contribution in [3.63, 3.8) is 0 Å². The lowest BCUT2D eigenvalue weighted by Gasteiger charge is -2.15. The van der Waals surface area contributed by atoms with Crippen LogP contribution in [-0.2, 0) is 14.6 Å². The molecule has 0 aliphatic carbocycles. The maximum atomic E-state index is 12.1. The Bertz CT molecular complexity index is 697. The molecule has 0 saturated carbocycles. The Morgan fingerprint density at radius 2 is 1.91 bits per heavy atom. The number of likely N-dealkylation sites (tertiary alicyclic amines) is 1. The van der Waals surface area contributed by atoms with Gasteiger partial charge in [0.25, 0.3) is 5.91 Å². The molecule has 0 bridgehead atoms. The molecule has 1 aromatic rings. The standard InChI is InChI=1S/C14H17ClN2O4S/c1-22(20,21)10-4-5-12(15)11(8-10)14(19)16-9-13(18)17-6-2-3-7-17/h4-5,8H,2-3,6-7,9H2,1H3,(H,16,19). The third kappa shape index (κ3) is 3.98. The summed E-state index contributed by atoms with van der Waals surface area (Å²) in [7, 11) is -3.43. The van der Waals surface area contributed by atoms with E-state index in [9.17, 15) is 18.0 Å². The number of rotatable bonds is 4. The highest BCUT2D eigenvalue weighted by Gasteiger charge is 2.20. The van der Waals surface area contributed by atoms with Crippen LogP contribution in [0, 0.1) is 0 Å². The topological polar surface area (TPSA) is 83.5 Å². The summed E-state index contributed by atoms with van der Waals surface area (Å²) >= 11 is 5.93. The average molecular weight is 345 g/mol. The maximum Gasteiger partial charge on any atom is 0.253 e. The van der Waals surface area contributed by atoms with E-state index in [1.807, 2.05) is 0 Å². The van der Waals surface area contributed by atoms with Crippen LogP contribution in [0.15, 0.2) is 23.1 Å². The SMILES string of the molecule is CS(=O)(=O)c1ccc(Cl)c(C(=O)NCC(=O)N2CCCC2)c1. The highest BCUT2D eigenvalue weighted by atomic mass is 35.5. The highest BCUT2D eigenvalue weighted by molar-refractivity contribution is 7.90. The Kier molecular flexibility index (Phi) is 5.08. The zero-order chi connectivity index (χ0) is 16.3. The van der Waals surface area contributed by atoms with Gasteiger partial charge in [-0.3, -0.25) is 9.59 Å². The van der Waals surface area contributed by atoms with Crippen LogP contribution in [0.5, 0.6) is 0 Å². The number of nitrogens with one attached hydrogen (secondary N) is 1. The Labute approximate surface area is 134 Å². The first kappa shape index (κ1) is 16.8. The van der Waals surface area contributed by atoms with E-state index < -0.39 is 15.7 Å². The molecule has 120 valence electrons. The number of hydrogen-bond acceptors (Lipinski definition) is 4. The second-order valence-electron chi connectivity index (χ2n) is 5.18. The van der Waals surface area contributed by atoms with Gasteiger partial charge in [-0.25, -0.2) is 8.42 Å². The summed E-state index contributed by atoms with van der Waals surface area (Å²) in [5.41, 5.74) is 0.0406. The van der Waals surface area contributed by atoms with Gasteiger partial charge in [-0.15, -0.1) is 0 Å². The smallest absolute Gasteiger partial charge is 0.253 e. The molecule has 1 aliphatic heterocycles. The van der Waals surface area contributed by atoms with Crippen molar-refractivity contribution in [2.24, 2.45) is 0 Å². The molecule has 0 unspecified atom stereocenters. The van der Waals surface area contributed by atoms with E-state index >= 15 is 0 Å². The summed E-state index contributed by atoms with van der Waals surface area (Å²) in [5.74, 6) is -0.718. The van der Waals surface area contributed by atoms with Crippen LogP contribution in [-0.4, -0.2) is 51.0 Å². The van der Waals surface area contributed by atoms with Gasteiger partial charge < -0.3 is 10.2 Å². The Morgan fingerprint density at radius 3 is 2.50 bits per heavy atom. The number of hydrogen-bond donors (Lipinski definition) is 1. The first-order chi connectivity index (χ1) is 10.3. The monoisotopic (exact) mass is 344 g/mol. The summed E-state index contributed by atoms with van der Waals surface area (Å²) in [6, 6.07) is 3.91. The summed E-state index contributed by atoms with van der Waals surface area (Å²) in [6.07, 6.45) is 3.00. The molecule has 1 fully saturated rings. The van der Waals surface area contributed by atoms with Gasteiger partial charge in [-0.2, -0.15) is 0 Å².